The van der Waals surface area contributed by atoms with Crippen LogP contribution in [0.2, 0.25) is 0 Å². The Kier molecular flexibility index (Phi) is 17.0. The van der Waals surface area contributed by atoms with Crippen molar-refractivity contribution < 1.29 is 29.7 Å². The van der Waals surface area contributed by atoms with Crippen LogP contribution in [0.25, 0.3) is 0 Å². The maximum atomic E-state index is 12.5. The van der Waals surface area contributed by atoms with Crippen molar-refractivity contribution in [1.82, 2.24) is 10.6 Å². The van der Waals surface area contributed by atoms with Crippen molar-refractivity contribution in [3.63, 3.8) is 0 Å². The Hall–Kier alpha value is -1.67. The lowest BCUT2D eigenvalue weighted by Crippen LogP contribution is -2.58. The molecule has 182 valence electrons. The van der Waals surface area contributed by atoms with Crippen LogP contribution < -0.4 is 10.6 Å². The average Bonchev–Trinajstić information content (AvgIpc) is 2.72. The average molecular weight is 445 g/mol. The SMILES string of the molecule is CCCCCCCCCCCC(=O)NC(C(=O)NC(C(=O)O)C(O)CCCC)C(C)O. The number of amides is 2. The minimum Gasteiger partial charge on any atom is -0.480 e. The zero-order chi connectivity index (χ0) is 23.6. The van der Waals surface area contributed by atoms with E-state index in [0.29, 0.717) is 12.8 Å². The molecule has 0 radical (unpaired) electrons. The van der Waals surface area contributed by atoms with Gasteiger partial charge in [0.2, 0.25) is 11.8 Å². The number of carboxylic acid groups (broad SMARTS) is 1. The molecule has 0 saturated heterocycles. The van der Waals surface area contributed by atoms with Crippen molar-refractivity contribution in [3.05, 3.63) is 0 Å². The minimum absolute atomic E-state index is 0.234. The maximum Gasteiger partial charge on any atom is 0.328 e. The lowest BCUT2D eigenvalue weighted by atomic mass is 10.0. The molecular weight excluding hydrogens is 400 g/mol. The number of carbonyl (C=O) groups excluding carboxylic acids is 2. The van der Waals surface area contributed by atoms with Crippen LogP contribution in [0.5, 0.6) is 0 Å². The summed E-state index contributed by atoms with van der Waals surface area (Å²) in [7, 11) is 0. The summed E-state index contributed by atoms with van der Waals surface area (Å²) in [5.74, 6) is -2.54. The largest absolute Gasteiger partial charge is 0.480 e. The Bertz CT molecular complexity index is 512. The number of hydrogen-bond acceptors (Lipinski definition) is 5. The predicted molar refractivity (Wildman–Crippen MR) is 121 cm³/mol. The second-order valence-electron chi connectivity index (χ2n) is 8.40. The Morgan fingerprint density at radius 2 is 1.26 bits per heavy atom. The second kappa shape index (κ2) is 18.0. The number of rotatable bonds is 19. The van der Waals surface area contributed by atoms with Crippen LogP contribution in [0.15, 0.2) is 0 Å². The van der Waals surface area contributed by atoms with Crippen LogP contribution in [0.3, 0.4) is 0 Å². The maximum absolute atomic E-state index is 12.5. The molecule has 0 spiro atoms. The summed E-state index contributed by atoms with van der Waals surface area (Å²) in [6.45, 7) is 5.46. The molecule has 5 N–H and O–H groups in total. The fourth-order valence-corrected chi connectivity index (χ4v) is 3.39. The molecule has 0 aromatic rings. The van der Waals surface area contributed by atoms with Gasteiger partial charge in [0.1, 0.15) is 6.04 Å². The van der Waals surface area contributed by atoms with Gasteiger partial charge in [-0.25, -0.2) is 4.79 Å². The number of carbonyl (C=O) groups is 3. The monoisotopic (exact) mass is 444 g/mol. The van der Waals surface area contributed by atoms with E-state index in [0.717, 1.165) is 25.7 Å². The zero-order valence-corrected chi connectivity index (χ0v) is 19.6. The third-order valence-electron chi connectivity index (χ3n) is 5.39. The lowest BCUT2D eigenvalue weighted by molar-refractivity contribution is -0.146. The summed E-state index contributed by atoms with van der Waals surface area (Å²) in [6.07, 6.45) is 9.54. The Morgan fingerprint density at radius 1 is 0.742 bits per heavy atom. The molecule has 31 heavy (non-hydrogen) atoms. The zero-order valence-electron chi connectivity index (χ0n) is 19.6. The molecular formula is C23H44N2O6. The van der Waals surface area contributed by atoms with Gasteiger partial charge in [0.05, 0.1) is 12.2 Å². The summed E-state index contributed by atoms with van der Waals surface area (Å²) in [5.41, 5.74) is 0. The van der Waals surface area contributed by atoms with E-state index >= 15 is 0 Å². The highest BCUT2D eigenvalue weighted by Crippen LogP contribution is 2.11. The van der Waals surface area contributed by atoms with E-state index in [1.807, 2.05) is 6.92 Å². The number of aliphatic carboxylic acids is 1. The highest BCUT2D eigenvalue weighted by Gasteiger charge is 2.33. The van der Waals surface area contributed by atoms with Gasteiger partial charge in [-0.05, 0) is 19.8 Å². The molecule has 0 aliphatic carbocycles. The molecule has 4 atom stereocenters. The lowest BCUT2D eigenvalue weighted by Gasteiger charge is -2.25. The quantitative estimate of drug-likeness (QED) is 0.194. The van der Waals surface area contributed by atoms with Crippen LogP contribution in [-0.4, -0.2) is 57.4 Å². The normalized spacial score (nSPS) is 15.0. The number of hydrogen-bond donors (Lipinski definition) is 5. The van der Waals surface area contributed by atoms with Gasteiger partial charge in [-0.2, -0.15) is 0 Å². The highest BCUT2D eigenvalue weighted by molar-refractivity contribution is 5.91. The first-order chi connectivity index (χ1) is 14.7. The number of aliphatic hydroxyl groups excluding tert-OH is 2. The van der Waals surface area contributed by atoms with Crippen molar-refractivity contribution >= 4 is 17.8 Å². The molecule has 0 heterocycles. The molecule has 8 heteroatoms. The van der Waals surface area contributed by atoms with Crippen LogP contribution >= 0.6 is 0 Å². The van der Waals surface area contributed by atoms with Gasteiger partial charge in [-0.3, -0.25) is 9.59 Å². The molecule has 4 unspecified atom stereocenters. The summed E-state index contributed by atoms with van der Waals surface area (Å²) in [5, 5.41) is 34.0. The fraction of sp³-hybridized carbons (Fsp3) is 0.870. The van der Waals surface area contributed by atoms with Crippen molar-refractivity contribution in [3.8, 4) is 0 Å². The minimum atomic E-state index is -1.49. The third kappa shape index (κ3) is 14.1. The summed E-state index contributed by atoms with van der Waals surface area (Å²) < 4.78 is 0. The van der Waals surface area contributed by atoms with Crippen LogP contribution in [0.4, 0.5) is 0 Å². The van der Waals surface area contributed by atoms with E-state index in [1.54, 1.807) is 0 Å². The van der Waals surface area contributed by atoms with E-state index in [2.05, 4.69) is 17.6 Å². The standard InChI is InChI=1S/C23H44N2O6/c1-4-6-8-9-10-11-12-13-14-16-19(28)24-20(17(3)26)22(29)25-21(23(30)31)18(27)15-7-5-2/h17-18,20-21,26-27H,4-16H2,1-3H3,(H,24,28)(H,25,29)(H,30,31). The molecule has 0 saturated carbocycles. The number of nitrogens with one attached hydrogen (secondary N) is 2. The Labute approximate surface area is 187 Å². The number of carboxylic acids is 1. The first-order valence-electron chi connectivity index (χ1n) is 11.9. The van der Waals surface area contributed by atoms with Gasteiger partial charge in [-0.15, -0.1) is 0 Å². The third-order valence-corrected chi connectivity index (χ3v) is 5.39. The molecule has 2 amide bonds. The molecule has 0 bridgehead atoms. The van der Waals surface area contributed by atoms with E-state index in [-0.39, 0.29) is 18.7 Å². The molecule has 0 aromatic heterocycles. The van der Waals surface area contributed by atoms with E-state index in [9.17, 15) is 29.7 Å². The van der Waals surface area contributed by atoms with Crippen LogP contribution in [0.1, 0.15) is 104 Å². The van der Waals surface area contributed by atoms with Gasteiger partial charge in [0.15, 0.2) is 6.04 Å². The van der Waals surface area contributed by atoms with Gasteiger partial charge in [0.25, 0.3) is 0 Å². The van der Waals surface area contributed by atoms with Crippen LogP contribution in [0, 0.1) is 0 Å². The molecule has 0 aromatic carbocycles. The molecule has 0 aliphatic heterocycles. The van der Waals surface area contributed by atoms with Crippen LogP contribution in [-0.2, 0) is 14.4 Å². The van der Waals surface area contributed by atoms with Crippen molar-refractivity contribution in [2.75, 3.05) is 0 Å². The summed E-state index contributed by atoms with van der Waals surface area (Å²) in [6, 6.07) is -2.76. The van der Waals surface area contributed by atoms with Crippen molar-refractivity contribution in [2.24, 2.45) is 0 Å². The summed E-state index contributed by atoms with van der Waals surface area (Å²) in [4.78, 5) is 36.1. The fourth-order valence-electron chi connectivity index (χ4n) is 3.39. The van der Waals surface area contributed by atoms with Crippen molar-refractivity contribution in [1.29, 1.82) is 0 Å². The highest BCUT2D eigenvalue weighted by atomic mass is 16.4. The molecule has 0 fully saturated rings. The molecule has 8 nitrogen and oxygen atoms in total. The van der Waals surface area contributed by atoms with Gasteiger partial charge in [-0.1, -0.05) is 78.1 Å². The van der Waals surface area contributed by atoms with E-state index < -0.39 is 36.2 Å². The van der Waals surface area contributed by atoms with Crippen molar-refractivity contribution in [2.45, 2.75) is 129 Å². The topological polar surface area (TPSA) is 136 Å². The first kappa shape index (κ1) is 29.3. The van der Waals surface area contributed by atoms with Gasteiger partial charge in [0, 0.05) is 6.42 Å². The molecule has 0 rings (SSSR count). The first-order valence-corrected chi connectivity index (χ1v) is 11.9. The second-order valence-corrected chi connectivity index (χ2v) is 8.40. The van der Waals surface area contributed by atoms with Gasteiger partial charge >= 0.3 is 5.97 Å². The van der Waals surface area contributed by atoms with E-state index in [4.69, 9.17) is 0 Å². The predicted octanol–water partition coefficient (Wildman–Crippen LogP) is 2.89. The smallest absolute Gasteiger partial charge is 0.328 e. The number of unbranched alkanes of at least 4 members (excludes halogenated alkanes) is 9. The molecule has 0 aliphatic rings. The van der Waals surface area contributed by atoms with E-state index in [1.165, 1.54) is 39.0 Å². The number of aliphatic hydroxyl groups is 2. The summed E-state index contributed by atoms with van der Waals surface area (Å²) >= 11 is 0. The Balaban J connectivity index is 4.42. The van der Waals surface area contributed by atoms with Gasteiger partial charge < -0.3 is 26.0 Å². The Morgan fingerprint density at radius 3 is 1.74 bits per heavy atom.